The van der Waals surface area contributed by atoms with Gasteiger partial charge in [-0.15, -0.1) is 0 Å². The number of fused-ring (bicyclic) bond motifs is 1. The summed E-state index contributed by atoms with van der Waals surface area (Å²) in [7, 11) is 0. The van der Waals surface area contributed by atoms with Crippen LogP contribution in [0.4, 0.5) is 0 Å². The molecule has 0 bridgehead atoms. The van der Waals surface area contributed by atoms with Crippen molar-refractivity contribution in [1.29, 1.82) is 0 Å². The summed E-state index contributed by atoms with van der Waals surface area (Å²) in [4.78, 5) is 3.49. The van der Waals surface area contributed by atoms with E-state index in [-0.39, 0.29) is 5.92 Å². The standard InChI is InChI=1S/C17H18N2/c1-12-6-2-4-8-14(12)15(11-18)17-10-13-7-3-5-9-16(13)19-17/h2-10,15,19H,11,18H2,1H3. The summed E-state index contributed by atoms with van der Waals surface area (Å²) < 4.78 is 0. The molecule has 3 aromatic rings. The van der Waals surface area contributed by atoms with Gasteiger partial charge in [-0.2, -0.15) is 0 Å². The Morgan fingerprint density at radius 2 is 1.79 bits per heavy atom. The van der Waals surface area contributed by atoms with Crippen LogP contribution in [0.25, 0.3) is 10.9 Å². The molecule has 0 aliphatic rings. The van der Waals surface area contributed by atoms with Gasteiger partial charge in [0.2, 0.25) is 0 Å². The zero-order chi connectivity index (χ0) is 13.2. The number of para-hydroxylation sites is 1. The topological polar surface area (TPSA) is 41.8 Å². The number of rotatable bonds is 3. The van der Waals surface area contributed by atoms with Gasteiger partial charge in [0.25, 0.3) is 0 Å². The minimum atomic E-state index is 0.230. The van der Waals surface area contributed by atoms with Gasteiger partial charge in [-0.3, -0.25) is 0 Å². The van der Waals surface area contributed by atoms with E-state index in [1.54, 1.807) is 0 Å². The molecule has 0 aliphatic carbocycles. The van der Waals surface area contributed by atoms with E-state index in [0.717, 1.165) is 0 Å². The van der Waals surface area contributed by atoms with Crippen molar-refractivity contribution in [2.45, 2.75) is 12.8 Å². The molecule has 96 valence electrons. The highest BCUT2D eigenvalue weighted by molar-refractivity contribution is 5.80. The predicted molar refractivity (Wildman–Crippen MR) is 80.4 cm³/mol. The molecule has 0 fully saturated rings. The molecule has 2 nitrogen and oxygen atoms in total. The SMILES string of the molecule is Cc1ccccc1C(CN)c1cc2ccccc2[nH]1. The van der Waals surface area contributed by atoms with Gasteiger partial charge in [-0.1, -0.05) is 42.5 Å². The van der Waals surface area contributed by atoms with Gasteiger partial charge in [-0.25, -0.2) is 0 Å². The normalized spacial score (nSPS) is 12.7. The van der Waals surface area contributed by atoms with Crippen LogP contribution in [0, 0.1) is 6.92 Å². The van der Waals surface area contributed by atoms with E-state index in [1.807, 2.05) is 6.07 Å². The maximum Gasteiger partial charge on any atom is 0.0456 e. The number of aromatic amines is 1. The maximum atomic E-state index is 6.01. The minimum Gasteiger partial charge on any atom is -0.358 e. The first kappa shape index (κ1) is 12.0. The Labute approximate surface area is 113 Å². The molecular formula is C17H18N2. The van der Waals surface area contributed by atoms with E-state index in [9.17, 15) is 0 Å². The Morgan fingerprint density at radius 1 is 1.05 bits per heavy atom. The van der Waals surface area contributed by atoms with Gasteiger partial charge in [0.15, 0.2) is 0 Å². The van der Waals surface area contributed by atoms with Crippen LogP contribution in [0.2, 0.25) is 0 Å². The first-order valence-corrected chi connectivity index (χ1v) is 6.63. The number of nitrogens with two attached hydrogens (primary N) is 1. The van der Waals surface area contributed by atoms with Crippen LogP contribution in [-0.4, -0.2) is 11.5 Å². The lowest BCUT2D eigenvalue weighted by Crippen LogP contribution is -2.15. The Bertz CT molecular complexity index is 664. The van der Waals surface area contributed by atoms with Crippen molar-refractivity contribution in [3.05, 3.63) is 71.4 Å². The zero-order valence-corrected chi connectivity index (χ0v) is 11.1. The molecule has 0 radical (unpaired) electrons. The van der Waals surface area contributed by atoms with Crippen LogP contribution in [-0.2, 0) is 0 Å². The van der Waals surface area contributed by atoms with Crippen molar-refractivity contribution in [2.24, 2.45) is 5.73 Å². The lowest BCUT2D eigenvalue weighted by molar-refractivity contribution is 0.791. The Kier molecular flexibility index (Phi) is 3.10. The number of hydrogen-bond acceptors (Lipinski definition) is 1. The third-order valence-electron chi connectivity index (χ3n) is 3.73. The summed E-state index contributed by atoms with van der Waals surface area (Å²) in [5.41, 5.74) is 11.0. The van der Waals surface area contributed by atoms with Crippen molar-refractivity contribution in [1.82, 2.24) is 4.98 Å². The predicted octanol–water partition coefficient (Wildman–Crippen LogP) is 3.57. The number of aryl methyl sites for hydroxylation is 1. The fourth-order valence-electron chi connectivity index (χ4n) is 2.68. The lowest BCUT2D eigenvalue weighted by Gasteiger charge is -2.16. The molecule has 2 aromatic carbocycles. The van der Waals surface area contributed by atoms with Gasteiger partial charge in [-0.05, 0) is 35.6 Å². The van der Waals surface area contributed by atoms with E-state index in [4.69, 9.17) is 5.73 Å². The molecule has 0 spiro atoms. The van der Waals surface area contributed by atoms with Gasteiger partial charge in [0.1, 0.15) is 0 Å². The Balaban J connectivity index is 2.09. The molecule has 2 heteroatoms. The largest absolute Gasteiger partial charge is 0.358 e. The van der Waals surface area contributed by atoms with Gasteiger partial charge in [0, 0.05) is 23.7 Å². The first-order valence-electron chi connectivity index (χ1n) is 6.63. The van der Waals surface area contributed by atoms with Crippen LogP contribution < -0.4 is 5.73 Å². The van der Waals surface area contributed by atoms with E-state index in [1.165, 1.54) is 27.7 Å². The maximum absolute atomic E-state index is 6.01. The molecule has 19 heavy (non-hydrogen) atoms. The quantitative estimate of drug-likeness (QED) is 0.733. The molecule has 1 atom stereocenters. The van der Waals surface area contributed by atoms with Crippen LogP contribution in [0.1, 0.15) is 22.7 Å². The molecule has 1 unspecified atom stereocenters. The fourth-order valence-corrected chi connectivity index (χ4v) is 2.68. The second-order valence-electron chi connectivity index (χ2n) is 4.96. The lowest BCUT2D eigenvalue weighted by atomic mass is 9.92. The molecular weight excluding hydrogens is 232 g/mol. The number of nitrogens with one attached hydrogen (secondary N) is 1. The second kappa shape index (κ2) is 4.90. The van der Waals surface area contributed by atoms with Gasteiger partial charge < -0.3 is 10.7 Å². The molecule has 3 rings (SSSR count). The minimum absolute atomic E-state index is 0.230. The van der Waals surface area contributed by atoms with Crippen LogP contribution in [0.15, 0.2) is 54.6 Å². The highest BCUT2D eigenvalue weighted by Crippen LogP contribution is 2.28. The van der Waals surface area contributed by atoms with Crippen molar-refractivity contribution < 1.29 is 0 Å². The number of H-pyrrole nitrogens is 1. The summed E-state index contributed by atoms with van der Waals surface area (Å²) in [6.45, 7) is 2.75. The first-order chi connectivity index (χ1) is 9.29. The highest BCUT2D eigenvalue weighted by Gasteiger charge is 2.16. The molecule has 3 N–H and O–H groups in total. The Hall–Kier alpha value is -2.06. The van der Waals surface area contributed by atoms with E-state index < -0.39 is 0 Å². The summed E-state index contributed by atoms with van der Waals surface area (Å²) in [6.07, 6.45) is 0. The fraction of sp³-hybridized carbons (Fsp3) is 0.176. The van der Waals surface area contributed by atoms with Gasteiger partial charge in [0.05, 0.1) is 0 Å². The van der Waals surface area contributed by atoms with Crippen LogP contribution in [0.5, 0.6) is 0 Å². The summed E-state index contributed by atoms with van der Waals surface area (Å²) in [5.74, 6) is 0.230. The average Bonchev–Trinajstić information content (AvgIpc) is 2.85. The molecule has 0 aliphatic heterocycles. The molecule has 0 saturated heterocycles. The number of benzene rings is 2. The summed E-state index contributed by atoms with van der Waals surface area (Å²) >= 11 is 0. The van der Waals surface area contributed by atoms with Gasteiger partial charge >= 0.3 is 0 Å². The van der Waals surface area contributed by atoms with E-state index in [0.29, 0.717) is 6.54 Å². The summed E-state index contributed by atoms with van der Waals surface area (Å²) in [5, 5.41) is 1.24. The van der Waals surface area contributed by atoms with E-state index >= 15 is 0 Å². The van der Waals surface area contributed by atoms with E-state index in [2.05, 4.69) is 60.4 Å². The van der Waals surface area contributed by atoms with Crippen LogP contribution >= 0.6 is 0 Å². The van der Waals surface area contributed by atoms with Crippen molar-refractivity contribution >= 4 is 10.9 Å². The zero-order valence-electron chi connectivity index (χ0n) is 11.1. The summed E-state index contributed by atoms with van der Waals surface area (Å²) in [6, 6.07) is 19.0. The second-order valence-corrected chi connectivity index (χ2v) is 4.96. The third-order valence-corrected chi connectivity index (χ3v) is 3.73. The Morgan fingerprint density at radius 3 is 2.53 bits per heavy atom. The molecule has 1 heterocycles. The smallest absolute Gasteiger partial charge is 0.0456 e. The van der Waals surface area contributed by atoms with Crippen molar-refractivity contribution in [3.8, 4) is 0 Å². The third kappa shape index (κ3) is 2.15. The number of aromatic nitrogens is 1. The number of hydrogen-bond donors (Lipinski definition) is 2. The monoisotopic (exact) mass is 250 g/mol. The molecule has 1 aromatic heterocycles. The van der Waals surface area contributed by atoms with Crippen molar-refractivity contribution in [2.75, 3.05) is 6.54 Å². The van der Waals surface area contributed by atoms with Crippen molar-refractivity contribution in [3.63, 3.8) is 0 Å². The average molecular weight is 250 g/mol. The van der Waals surface area contributed by atoms with Crippen LogP contribution in [0.3, 0.4) is 0 Å². The molecule has 0 amide bonds. The highest BCUT2D eigenvalue weighted by atomic mass is 14.7. The molecule has 0 saturated carbocycles.